The zero-order valence-corrected chi connectivity index (χ0v) is 9.13. The monoisotopic (exact) mass is 213 g/mol. The van der Waals surface area contributed by atoms with Gasteiger partial charge in [-0.2, -0.15) is 0 Å². The molecule has 0 amide bonds. The van der Waals surface area contributed by atoms with Crippen molar-refractivity contribution in [1.29, 1.82) is 0 Å². The van der Waals surface area contributed by atoms with Gasteiger partial charge in [0.1, 0.15) is 5.82 Å². The van der Waals surface area contributed by atoms with Crippen molar-refractivity contribution < 1.29 is 0 Å². The number of nitrogens with two attached hydrogens (primary N) is 1. The molecule has 1 aliphatic rings. The van der Waals surface area contributed by atoms with E-state index in [2.05, 4.69) is 23.0 Å². The highest BCUT2D eigenvalue weighted by atomic mass is 35.5. The van der Waals surface area contributed by atoms with Gasteiger partial charge in [-0.25, -0.2) is 4.98 Å². The summed E-state index contributed by atoms with van der Waals surface area (Å²) < 4.78 is 0. The number of hydrogen-bond acceptors (Lipinski definition) is 3. The van der Waals surface area contributed by atoms with E-state index >= 15 is 0 Å². The summed E-state index contributed by atoms with van der Waals surface area (Å²) >= 11 is 0. The predicted octanol–water partition coefficient (Wildman–Crippen LogP) is 1.85. The van der Waals surface area contributed by atoms with Crippen LogP contribution in [0.25, 0.3) is 0 Å². The van der Waals surface area contributed by atoms with Gasteiger partial charge in [0.15, 0.2) is 0 Å². The molecule has 1 aromatic rings. The zero-order valence-electron chi connectivity index (χ0n) is 8.31. The summed E-state index contributed by atoms with van der Waals surface area (Å²) in [6.07, 6.45) is 4.41. The normalized spacial score (nSPS) is 21.9. The van der Waals surface area contributed by atoms with Crippen molar-refractivity contribution in [1.82, 2.24) is 9.88 Å². The number of nitrogens with zero attached hydrogens (tertiary/aromatic N) is 2. The number of rotatable bonds is 1. The van der Waals surface area contributed by atoms with E-state index in [1.165, 1.54) is 24.9 Å². The highest BCUT2D eigenvalue weighted by Crippen LogP contribution is 2.29. The molecule has 1 saturated heterocycles. The number of halogens is 1. The summed E-state index contributed by atoms with van der Waals surface area (Å²) in [6, 6.07) is 4.50. The van der Waals surface area contributed by atoms with Crippen LogP contribution < -0.4 is 5.73 Å². The molecule has 2 N–H and O–H groups in total. The first-order valence-corrected chi connectivity index (χ1v) is 4.69. The van der Waals surface area contributed by atoms with E-state index < -0.39 is 0 Å². The lowest BCUT2D eigenvalue weighted by Gasteiger charge is -2.19. The molecule has 2 rings (SSSR count). The maximum absolute atomic E-state index is 5.54. The maximum Gasteiger partial charge on any atom is 0.123 e. The minimum absolute atomic E-state index is 0. The van der Waals surface area contributed by atoms with Gasteiger partial charge >= 0.3 is 0 Å². The molecule has 1 fully saturated rings. The Morgan fingerprint density at radius 2 is 2.29 bits per heavy atom. The highest BCUT2D eigenvalue weighted by molar-refractivity contribution is 5.85. The van der Waals surface area contributed by atoms with E-state index in [1.807, 2.05) is 12.3 Å². The third-order valence-corrected chi connectivity index (χ3v) is 2.71. The SMILES string of the molecule is CN1CCCC1c1ccc(N)nc1.Cl. The Bertz CT molecular complexity index is 286. The number of anilines is 1. The van der Waals surface area contributed by atoms with Gasteiger partial charge in [-0.1, -0.05) is 6.07 Å². The molecule has 1 aromatic heterocycles. The second-order valence-electron chi connectivity index (χ2n) is 3.66. The largest absolute Gasteiger partial charge is 0.384 e. The molecule has 1 atom stereocenters. The van der Waals surface area contributed by atoms with Crippen LogP contribution in [-0.2, 0) is 0 Å². The summed E-state index contributed by atoms with van der Waals surface area (Å²) in [7, 11) is 2.16. The van der Waals surface area contributed by atoms with Gasteiger partial charge in [-0.05, 0) is 38.1 Å². The quantitative estimate of drug-likeness (QED) is 0.774. The Kier molecular flexibility index (Phi) is 3.72. The van der Waals surface area contributed by atoms with Crippen molar-refractivity contribution in [2.75, 3.05) is 19.3 Å². The molecule has 3 nitrogen and oxygen atoms in total. The minimum atomic E-state index is 0. The first-order valence-electron chi connectivity index (χ1n) is 4.69. The molecule has 0 aromatic carbocycles. The Hall–Kier alpha value is -0.800. The van der Waals surface area contributed by atoms with Crippen molar-refractivity contribution >= 4 is 18.2 Å². The predicted molar refractivity (Wildman–Crippen MR) is 60.5 cm³/mol. The molecule has 0 radical (unpaired) electrons. The second-order valence-corrected chi connectivity index (χ2v) is 3.66. The van der Waals surface area contributed by atoms with Crippen LogP contribution in [0.3, 0.4) is 0 Å². The molecule has 1 unspecified atom stereocenters. The van der Waals surface area contributed by atoms with Crippen molar-refractivity contribution in [3.05, 3.63) is 23.9 Å². The summed E-state index contributed by atoms with van der Waals surface area (Å²) in [5, 5.41) is 0. The fourth-order valence-electron chi connectivity index (χ4n) is 1.95. The average molecular weight is 214 g/mol. The molecule has 0 saturated carbocycles. The molecule has 14 heavy (non-hydrogen) atoms. The molecule has 78 valence electrons. The third kappa shape index (κ3) is 2.16. The van der Waals surface area contributed by atoms with E-state index in [0.29, 0.717) is 11.9 Å². The van der Waals surface area contributed by atoms with Gasteiger partial charge in [0, 0.05) is 12.2 Å². The summed E-state index contributed by atoms with van der Waals surface area (Å²) in [5.41, 5.74) is 6.82. The second kappa shape index (κ2) is 4.62. The summed E-state index contributed by atoms with van der Waals surface area (Å²) in [4.78, 5) is 6.48. The first-order chi connectivity index (χ1) is 6.27. The van der Waals surface area contributed by atoms with E-state index in [0.717, 1.165) is 0 Å². The molecule has 2 heterocycles. The Morgan fingerprint density at radius 1 is 1.50 bits per heavy atom. The minimum Gasteiger partial charge on any atom is -0.384 e. The lowest BCUT2D eigenvalue weighted by atomic mass is 10.1. The van der Waals surface area contributed by atoms with Gasteiger partial charge in [-0.3, -0.25) is 4.90 Å². The van der Waals surface area contributed by atoms with E-state index in [1.54, 1.807) is 0 Å². The molecule has 0 bridgehead atoms. The lowest BCUT2D eigenvalue weighted by Crippen LogP contribution is -2.17. The molecular weight excluding hydrogens is 198 g/mol. The number of likely N-dealkylation sites (tertiary alicyclic amines) is 1. The number of nitrogen functional groups attached to an aromatic ring is 1. The van der Waals surface area contributed by atoms with Gasteiger partial charge in [0.2, 0.25) is 0 Å². The van der Waals surface area contributed by atoms with Crippen LogP contribution in [-0.4, -0.2) is 23.5 Å². The standard InChI is InChI=1S/C10H15N3.ClH/c1-13-6-2-3-9(13)8-4-5-10(11)12-7-8;/h4-5,7,9H,2-3,6H2,1H3,(H2,11,12);1H. The smallest absolute Gasteiger partial charge is 0.123 e. The Labute approximate surface area is 90.7 Å². The molecular formula is C10H16ClN3. The van der Waals surface area contributed by atoms with Crippen molar-refractivity contribution in [2.45, 2.75) is 18.9 Å². The molecule has 1 aliphatic heterocycles. The first kappa shape index (κ1) is 11.3. The fraction of sp³-hybridized carbons (Fsp3) is 0.500. The van der Waals surface area contributed by atoms with Crippen molar-refractivity contribution in [3.8, 4) is 0 Å². The topological polar surface area (TPSA) is 42.1 Å². The van der Waals surface area contributed by atoms with Gasteiger partial charge in [0.25, 0.3) is 0 Å². The van der Waals surface area contributed by atoms with E-state index in [9.17, 15) is 0 Å². The molecule has 0 aliphatic carbocycles. The highest BCUT2D eigenvalue weighted by Gasteiger charge is 2.22. The van der Waals surface area contributed by atoms with Crippen LogP contribution in [0.15, 0.2) is 18.3 Å². The lowest BCUT2D eigenvalue weighted by molar-refractivity contribution is 0.317. The Morgan fingerprint density at radius 3 is 2.79 bits per heavy atom. The summed E-state index contributed by atoms with van der Waals surface area (Å²) in [5.74, 6) is 0.601. The van der Waals surface area contributed by atoms with Gasteiger partial charge in [-0.15, -0.1) is 12.4 Å². The van der Waals surface area contributed by atoms with Crippen LogP contribution >= 0.6 is 12.4 Å². The van der Waals surface area contributed by atoms with Crippen molar-refractivity contribution in [2.24, 2.45) is 0 Å². The van der Waals surface area contributed by atoms with Crippen LogP contribution in [0.2, 0.25) is 0 Å². The van der Waals surface area contributed by atoms with E-state index in [-0.39, 0.29) is 12.4 Å². The maximum atomic E-state index is 5.54. The molecule has 4 heteroatoms. The average Bonchev–Trinajstić information content (AvgIpc) is 2.53. The number of aromatic nitrogens is 1. The van der Waals surface area contributed by atoms with Gasteiger partial charge in [0.05, 0.1) is 0 Å². The third-order valence-electron chi connectivity index (χ3n) is 2.71. The van der Waals surface area contributed by atoms with Crippen LogP contribution in [0.4, 0.5) is 5.82 Å². The fourth-order valence-corrected chi connectivity index (χ4v) is 1.95. The van der Waals surface area contributed by atoms with Gasteiger partial charge < -0.3 is 5.73 Å². The van der Waals surface area contributed by atoms with Crippen LogP contribution in [0, 0.1) is 0 Å². The van der Waals surface area contributed by atoms with E-state index in [4.69, 9.17) is 5.73 Å². The van der Waals surface area contributed by atoms with Crippen LogP contribution in [0.5, 0.6) is 0 Å². The summed E-state index contributed by atoms with van der Waals surface area (Å²) in [6.45, 7) is 1.19. The van der Waals surface area contributed by atoms with Crippen molar-refractivity contribution in [3.63, 3.8) is 0 Å². The number of pyridine rings is 1. The van der Waals surface area contributed by atoms with Crippen LogP contribution in [0.1, 0.15) is 24.4 Å². The number of hydrogen-bond donors (Lipinski definition) is 1. The zero-order chi connectivity index (χ0) is 9.26. The Balaban J connectivity index is 0.000000980. The molecule has 0 spiro atoms.